The Morgan fingerprint density at radius 2 is 0.915 bits per heavy atom. The molecule has 0 unspecified atom stereocenters. The van der Waals surface area contributed by atoms with Crippen molar-refractivity contribution in [3.05, 3.63) is 132 Å². The molecule has 0 bridgehead atoms. The minimum Gasteiger partial charge on any atom is -0.493 e. The maximum Gasteiger partial charge on any atom is 0.129 e. The average Bonchev–Trinajstić information content (AvgIpc) is 3.07. The minimum absolute atomic E-state index is 0.327. The molecule has 4 N–H and O–H groups in total. The highest BCUT2D eigenvalue weighted by Crippen LogP contribution is 2.39. The summed E-state index contributed by atoms with van der Waals surface area (Å²) in [5.74, 6) is 1.89. The normalized spacial score (nSPS) is 11.9. The molecular formula is C41H60N4O2. The van der Waals surface area contributed by atoms with E-state index in [4.69, 9.17) is 9.47 Å². The first kappa shape index (κ1) is 38.9. The summed E-state index contributed by atoms with van der Waals surface area (Å²) in [7, 11) is 0. The molecule has 0 spiro atoms. The van der Waals surface area contributed by atoms with Crippen molar-refractivity contribution in [2.75, 3.05) is 13.2 Å². The van der Waals surface area contributed by atoms with E-state index in [1.807, 2.05) is 37.0 Å². The fraction of sp³-hybridized carbons (Fsp3) is 0.415. The lowest BCUT2D eigenvalue weighted by molar-refractivity contribution is 0.309. The fourth-order valence-electron chi connectivity index (χ4n) is 5.05. The number of benzene rings is 2. The van der Waals surface area contributed by atoms with E-state index in [0.717, 1.165) is 59.4 Å². The van der Waals surface area contributed by atoms with Gasteiger partial charge in [0.25, 0.3) is 0 Å². The second kappa shape index (κ2) is 22.2. The Hall–Kier alpha value is -4.32. The zero-order chi connectivity index (χ0) is 34.3. The average molecular weight is 641 g/mol. The molecule has 6 nitrogen and oxygen atoms in total. The third-order valence-electron chi connectivity index (χ3n) is 7.64. The summed E-state index contributed by atoms with van der Waals surface area (Å²) < 4.78 is 12.8. The second-order valence-corrected chi connectivity index (χ2v) is 11.9. The van der Waals surface area contributed by atoms with Gasteiger partial charge in [0.1, 0.15) is 11.5 Å². The van der Waals surface area contributed by atoms with E-state index < -0.39 is 0 Å². The lowest BCUT2D eigenvalue weighted by Gasteiger charge is -2.31. The van der Waals surface area contributed by atoms with Crippen LogP contribution in [0.5, 0.6) is 11.5 Å². The first-order valence-corrected chi connectivity index (χ1v) is 17.2. The maximum absolute atomic E-state index is 6.42. The minimum atomic E-state index is -0.327. The van der Waals surface area contributed by atoms with Crippen molar-refractivity contribution in [3.63, 3.8) is 0 Å². The molecule has 0 aliphatic carbocycles. The van der Waals surface area contributed by atoms with Gasteiger partial charge in [-0.05, 0) is 98.0 Å². The fourth-order valence-corrected chi connectivity index (χ4v) is 5.05. The first-order valence-electron chi connectivity index (χ1n) is 17.2. The van der Waals surface area contributed by atoms with Gasteiger partial charge in [0.05, 0.1) is 13.2 Å². The van der Waals surface area contributed by atoms with E-state index >= 15 is 0 Å². The topological polar surface area (TPSA) is 66.6 Å². The van der Waals surface area contributed by atoms with Crippen LogP contribution < -0.4 is 30.7 Å². The molecule has 0 radical (unpaired) electrons. The zero-order valence-electron chi connectivity index (χ0n) is 29.9. The summed E-state index contributed by atoms with van der Waals surface area (Å²) in [6, 6.07) is 9.24. The molecule has 0 amide bonds. The molecule has 0 aromatic heterocycles. The molecule has 47 heavy (non-hydrogen) atoms. The highest BCUT2D eigenvalue weighted by Gasteiger charge is 2.28. The molecule has 6 heteroatoms. The van der Waals surface area contributed by atoms with Crippen LogP contribution in [0.15, 0.2) is 98.7 Å². The molecule has 2 aromatic rings. The van der Waals surface area contributed by atoms with Gasteiger partial charge in [0.2, 0.25) is 0 Å². The Morgan fingerprint density at radius 1 is 0.574 bits per heavy atom. The summed E-state index contributed by atoms with van der Waals surface area (Å²) in [4.78, 5) is 0. The number of allylic oxidation sites excluding steroid dienone is 6. The molecule has 2 rings (SSSR count). The molecular weight excluding hydrogens is 580 g/mol. The number of hydrogen-bond donors (Lipinski definition) is 4. The number of ether oxygens (including phenoxy) is 2. The van der Waals surface area contributed by atoms with Gasteiger partial charge < -0.3 is 30.7 Å². The highest BCUT2D eigenvalue weighted by molar-refractivity contribution is 5.53. The van der Waals surface area contributed by atoms with E-state index in [2.05, 4.69) is 112 Å². The van der Waals surface area contributed by atoms with Crippen LogP contribution in [-0.2, 0) is 31.6 Å². The van der Waals surface area contributed by atoms with E-state index in [-0.39, 0.29) is 5.41 Å². The van der Waals surface area contributed by atoms with Gasteiger partial charge in [-0.1, -0.05) is 79.0 Å². The van der Waals surface area contributed by atoms with Crippen molar-refractivity contribution in [1.82, 2.24) is 21.3 Å². The number of hydrogen-bond acceptors (Lipinski definition) is 6. The van der Waals surface area contributed by atoms with Gasteiger partial charge in [-0.15, -0.1) is 0 Å². The monoisotopic (exact) mass is 640 g/mol. The van der Waals surface area contributed by atoms with Crippen molar-refractivity contribution in [2.45, 2.75) is 98.8 Å². The van der Waals surface area contributed by atoms with Gasteiger partial charge in [0, 0.05) is 53.8 Å². The molecule has 0 aliphatic rings. The lowest BCUT2D eigenvalue weighted by Crippen LogP contribution is -2.23. The molecule has 0 fully saturated rings. The standard InChI is InChI=1S/C41H60N4O2/c1-9-15-19-42-29-33-25-37(26-34(30-43-20-16-10-2)39(33)46-23-13-5)41(7,8)38-27-35(31-44-21-17-11-3)40(47-24-14-6)36(28-38)32-45-22-18-12-4/h9,11,15-22,25-28,42-45H,1,3,10,12-14,23-24,29-32H2,2,4-8H3. The summed E-state index contributed by atoms with van der Waals surface area (Å²) in [6.45, 7) is 24.7. The van der Waals surface area contributed by atoms with Crippen molar-refractivity contribution in [3.8, 4) is 11.5 Å². The summed E-state index contributed by atoms with van der Waals surface area (Å²) in [5, 5.41) is 13.9. The van der Waals surface area contributed by atoms with Gasteiger partial charge >= 0.3 is 0 Å². The Bertz CT molecular complexity index is 1250. The summed E-state index contributed by atoms with van der Waals surface area (Å²) >= 11 is 0. The quantitative estimate of drug-likeness (QED) is 0.0859. The largest absolute Gasteiger partial charge is 0.493 e. The second-order valence-electron chi connectivity index (χ2n) is 11.9. The lowest BCUT2D eigenvalue weighted by atomic mass is 9.75. The molecule has 0 saturated heterocycles. The first-order chi connectivity index (χ1) is 22.9. The van der Waals surface area contributed by atoms with E-state index in [1.54, 1.807) is 12.2 Å². The third kappa shape index (κ3) is 12.8. The van der Waals surface area contributed by atoms with Crippen molar-refractivity contribution < 1.29 is 9.47 Å². The molecule has 0 heterocycles. The predicted octanol–water partition coefficient (Wildman–Crippen LogP) is 9.20. The van der Waals surface area contributed by atoms with Crippen LogP contribution in [0, 0.1) is 0 Å². The third-order valence-corrected chi connectivity index (χ3v) is 7.64. The van der Waals surface area contributed by atoms with Crippen LogP contribution in [0.3, 0.4) is 0 Å². The Balaban J connectivity index is 2.77. The van der Waals surface area contributed by atoms with Gasteiger partial charge in [-0.25, -0.2) is 0 Å². The van der Waals surface area contributed by atoms with Crippen molar-refractivity contribution >= 4 is 0 Å². The SMILES string of the molecule is C=CC=CNCc1cc(C(C)(C)c2cc(CNC=CC=C)c(OCCC)c(CNC=CCC)c2)cc(CNC=CCC)c1OCCC. The molecule has 0 aliphatic heterocycles. The van der Waals surface area contributed by atoms with Crippen LogP contribution in [0.4, 0.5) is 0 Å². The van der Waals surface area contributed by atoms with E-state index in [9.17, 15) is 0 Å². The van der Waals surface area contributed by atoms with Crippen LogP contribution in [0.25, 0.3) is 0 Å². The van der Waals surface area contributed by atoms with Gasteiger partial charge in [-0.2, -0.15) is 0 Å². The van der Waals surface area contributed by atoms with Gasteiger partial charge in [0.15, 0.2) is 0 Å². The number of rotatable bonds is 24. The molecule has 256 valence electrons. The Kier molecular flexibility index (Phi) is 18.4. The molecule has 0 saturated carbocycles. The van der Waals surface area contributed by atoms with Crippen LogP contribution >= 0.6 is 0 Å². The maximum atomic E-state index is 6.42. The van der Waals surface area contributed by atoms with Crippen molar-refractivity contribution in [1.29, 1.82) is 0 Å². The Labute approximate surface area is 285 Å². The Morgan fingerprint density at radius 3 is 1.21 bits per heavy atom. The molecule has 2 aromatic carbocycles. The van der Waals surface area contributed by atoms with Gasteiger partial charge in [-0.3, -0.25) is 0 Å². The smallest absolute Gasteiger partial charge is 0.129 e. The summed E-state index contributed by atoms with van der Waals surface area (Å²) in [5.41, 5.74) is 6.64. The zero-order valence-corrected chi connectivity index (χ0v) is 29.9. The highest BCUT2D eigenvalue weighted by atomic mass is 16.5. The van der Waals surface area contributed by atoms with Crippen molar-refractivity contribution in [2.24, 2.45) is 0 Å². The van der Waals surface area contributed by atoms with E-state index in [1.165, 1.54) is 11.1 Å². The van der Waals surface area contributed by atoms with E-state index in [0.29, 0.717) is 39.4 Å². The van der Waals surface area contributed by atoms with Crippen LogP contribution in [0.1, 0.15) is 101 Å². The van der Waals surface area contributed by atoms with Crippen LogP contribution in [0.2, 0.25) is 0 Å². The predicted molar refractivity (Wildman–Crippen MR) is 201 cm³/mol. The summed E-state index contributed by atoms with van der Waals surface area (Å²) in [6.07, 6.45) is 23.4. The van der Waals surface area contributed by atoms with Crippen LogP contribution in [-0.4, -0.2) is 13.2 Å². The molecule has 0 atom stereocenters. The number of nitrogens with one attached hydrogen (secondary N) is 4.